The van der Waals surface area contributed by atoms with Crippen LogP contribution in [0.2, 0.25) is 0 Å². The second-order valence-electron chi connectivity index (χ2n) is 17.4. The summed E-state index contributed by atoms with van der Waals surface area (Å²) in [6, 6.07) is 23.0. The van der Waals surface area contributed by atoms with Crippen LogP contribution >= 0.6 is 0 Å². The van der Waals surface area contributed by atoms with E-state index in [1.54, 1.807) is 24.3 Å². The molecule has 344 valence electrons. The average Bonchev–Trinajstić information content (AvgIpc) is 4.18. The van der Waals surface area contributed by atoms with Crippen LogP contribution in [0.25, 0.3) is 67.5 Å². The van der Waals surface area contributed by atoms with Gasteiger partial charge in [-0.2, -0.15) is 15.2 Å². The smallest absolute Gasteiger partial charge is 0.494 e. The fraction of sp³-hybridized carbons (Fsp3) is 0.300. The van der Waals surface area contributed by atoms with Crippen molar-refractivity contribution in [2.24, 2.45) is 0 Å². The fourth-order valence-electron chi connectivity index (χ4n) is 10.0. The normalized spacial score (nSPS) is 16.6. The maximum absolute atomic E-state index is 13.3. The van der Waals surface area contributed by atoms with Crippen LogP contribution in [0.1, 0.15) is 85.4 Å². The highest BCUT2D eigenvalue weighted by molar-refractivity contribution is 5.92. The first-order valence-electron chi connectivity index (χ1n) is 22.5. The minimum atomic E-state index is -4.87. The zero-order chi connectivity index (χ0) is 46.7. The van der Waals surface area contributed by atoms with Gasteiger partial charge in [0.1, 0.15) is 11.5 Å². The van der Waals surface area contributed by atoms with Gasteiger partial charge in [-0.3, -0.25) is 9.59 Å². The number of halogens is 3. The number of benzene rings is 4. The SMILES string of the molecule is CCOc1cc(C#N)cc(-c2nc(-c3ccc4[nH]c5c(c4c3)CCC5CC(=O)OC(=O)CC3CCc4c3[nH]c3ccc(-c5noc(-c6cc(OC(F)(F)F)cc(N7CCCC7)c6)n5)cc43)no2)c1. The number of anilines is 1. The number of alkyl halides is 3. The number of aryl methyl sites for hydroxylation is 2. The molecular weight excluding hydrogens is 882 g/mol. The number of esters is 2. The van der Waals surface area contributed by atoms with E-state index in [1.807, 2.05) is 48.2 Å². The molecule has 4 aromatic carbocycles. The maximum Gasteiger partial charge on any atom is 0.573 e. The lowest BCUT2D eigenvalue weighted by Crippen LogP contribution is -2.20. The third-order valence-electron chi connectivity index (χ3n) is 13.0. The molecule has 0 radical (unpaired) electrons. The summed E-state index contributed by atoms with van der Waals surface area (Å²) in [7, 11) is 0. The van der Waals surface area contributed by atoms with Crippen molar-refractivity contribution in [3.8, 4) is 63.3 Å². The van der Waals surface area contributed by atoms with Gasteiger partial charge in [-0.05, 0) is 123 Å². The topological polar surface area (TPSA) is 198 Å². The van der Waals surface area contributed by atoms with Crippen LogP contribution in [0.4, 0.5) is 18.9 Å². The summed E-state index contributed by atoms with van der Waals surface area (Å²) in [6.07, 6.45) is -0.0816. The molecule has 2 unspecified atom stereocenters. The summed E-state index contributed by atoms with van der Waals surface area (Å²) >= 11 is 0. The van der Waals surface area contributed by atoms with Gasteiger partial charge < -0.3 is 38.1 Å². The molecule has 18 heteroatoms. The van der Waals surface area contributed by atoms with Crippen LogP contribution in [0.5, 0.6) is 11.5 Å². The van der Waals surface area contributed by atoms with Gasteiger partial charge in [0, 0.05) is 92.1 Å². The molecule has 2 aliphatic carbocycles. The summed E-state index contributed by atoms with van der Waals surface area (Å²) in [5, 5.41) is 19.8. The highest BCUT2D eigenvalue weighted by Crippen LogP contribution is 2.43. The Bertz CT molecular complexity index is 3320. The number of nitrogens with zero attached hydrogens (tertiary/aromatic N) is 6. The summed E-state index contributed by atoms with van der Waals surface area (Å²) < 4.78 is 66.3. The van der Waals surface area contributed by atoms with E-state index >= 15 is 0 Å². The van der Waals surface area contributed by atoms with Crippen molar-refractivity contribution in [3.05, 3.63) is 101 Å². The lowest BCUT2D eigenvalue weighted by atomic mass is 10.0. The average molecular weight is 923 g/mol. The quantitative estimate of drug-likeness (QED) is 0.0867. The number of ether oxygens (including phenoxy) is 3. The number of fused-ring (bicyclic) bond motifs is 6. The van der Waals surface area contributed by atoms with Crippen LogP contribution in [-0.4, -0.2) is 68.2 Å². The Balaban J connectivity index is 0.741. The Hall–Kier alpha value is -7.94. The molecule has 1 saturated heterocycles. The molecule has 11 rings (SSSR count). The molecule has 0 spiro atoms. The highest BCUT2D eigenvalue weighted by Gasteiger charge is 2.34. The van der Waals surface area contributed by atoms with Crippen molar-refractivity contribution in [1.29, 1.82) is 5.26 Å². The van der Waals surface area contributed by atoms with Crippen LogP contribution in [0.3, 0.4) is 0 Å². The first-order chi connectivity index (χ1) is 32.9. The maximum atomic E-state index is 13.3. The molecule has 2 N–H and O–H groups in total. The molecule has 3 aliphatic rings. The summed E-state index contributed by atoms with van der Waals surface area (Å²) in [4.78, 5) is 44.7. The van der Waals surface area contributed by atoms with Crippen LogP contribution in [0, 0.1) is 11.3 Å². The molecule has 2 atom stereocenters. The Morgan fingerprint density at radius 2 is 1.31 bits per heavy atom. The first kappa shape index (κ1) is 42.7. The number of nitrogens with one attached hydrogen (secondary N) is 2. The highest BCUT2D eigenvalue weighted by atomic mass is 19.4. The lowest BCUT2D eigenvalue weighted by Gasteiger charge is -2.19. The molecule has 0 bridgehead atoms. The summed E-state index contributed by atoms with van der Waals surface area (Å²) in [5.41, 5.74) is 9.01. The molecule has 8 aromatic rings. The predicted octanol–water partition coefficient (Wildman–Crippen LogP) is 10.5. The van der Waals surface area contributed by atoms with Gasteiger partial charge in [0.15, 0.2) is 0 Å². The molecule has 15 nitrogen and oxygen atoms in total. The van der Waals surface area contributed by atoms with E-state index in [4.69, 9.17) is 18.5 Å². The Labute approximate surface area is 385 Å². The largest absolute Gasteiger partial charge is 0.573 e. The third kappa shape index (κ3) is 8.28. The second kappa shape index (κ2) is 17.0. The molecule has 0 saturated carbocycles. The third-order valence-corrected chi connectivity index (χ3v) is 13.0. The van der Waals surface area contributed by atoms with Crippen LogP contribution in [0.15, 0.2) is 81.8 Å². The second-order valence-corrected chi connectivity index (χ2v) is 17.4. The summed E-state index contributed by atoms with van der Waals surface area (Å²) in [5.74, 6) is -0.363. The molecule has 1 aliphatic heterocycles. The first-order valence-corrected chi connectivity index (χ1v) is 22.5. The van der Waals surface area contributed by atoms with E-state index in [9.17, 15) is 28.0 Å². The molecule has 0 amide bonds. The zero-order valence-electron chi connectivity index (χ0n) is 36.5. The van der Waals surface area contributed by atoms with E-state index in [1.165, 1.54) is 12.1 Å². The molecule has 68 heavy (non-hydrogen) atoms. The van der Waals surface area contributed by atoms with Gasteiger partial charge in [-0.1, -0.05) is 10.3 Å². The number of carbonyl (C=O) groups excluding carboxylic acids is 2. The van der Waals surface area contributed by atoms with Crippen molar-refractivity contribution in [2.75, 3.05) is 24.6 Å². The summed E-state index contributed by atoms with van der Waals surface area (Å²) in [6.45, 7) is 3.74. The number of rotatable bonds is 12. The number of aromatic nitrogens is 6. The number of hydrogen-bond donors (Lipinski definition) is 2. The molecule has 5 heterocycles. The fourth-order valence-corrected chi connectivity index (χ4v) is 10.0. The minimum Gasteiger partial charge on any atom is -0.494 e. The molecule has 1 fully saturated rings. The van der Waals surface area contributed by atoms with Gasteiger partial charge in [0.25, 0.3) is 11.8 Å². The number of nitriles is 1. The van der Waals surface area contributed by atoms with Crippen LogP contribution in [-0.2, 0) is 27.2 Å². The van der Waals surface area contributed by atoms with Crippen molar-refractivity contribution < 1.29 is 46.0 Å². The van der Waals surface area contributed by atoms with E-state index < -0.39 is 18.3 Å². The molecular formula is C50H41F3N8O7. The van der Waals surface area contributed by atoms with Crippen molar-refractivity contribution in [2.45, 2.75) is 76.5 Å². The zero-order valence-corrected chi connectivity index (χ0v) is 36.5. The van der Waals surface area contributed by atoms with Gasteiger partial charge >= 0.3 is 18.3 Å². The molecule has 4 aromatic heterocycles. The Morgan fingerprint density at radius 1 is 0.750 bits per heavy atom. The van der Waals surface area contributed by atoms with E-state index in [2.05, 4.69) is 41.1 Å². The van der Waals surface area contributed by atoms with Gasteiger partial charge in [-0.15, -0.1) is 13.2 Å². The van der Waals surface area contributed by atoms with Gasteiger partial charge in [0.05, 0.1) is 31.1 Å². The van der Waals surface area contributed by atoms with E-state index in [-0.39, 0.29) is 48.0 Å². The van der Waals surface area contributed by atoms with E-state index in [0.717, 1.165) is 82.2 Å². The number of H-pyrrole nitrogens is 2. The van der Waals surface area contributed by atoms with Crippen molar-refractivity contribution in [3.63, 3.8) is 0 Å². The van der Waals surface area contributed by atoms with Crippen molar-refractivity contribution in [1.82, 2.24) is 30.2 Å². The van der Waals surface area contributed by atoms with Crippen molar-refractivity contribution >= 4 is 39.4 Å². The van der Waals surface area contributed by atoms with E-state index in [0.29, 0.717) is 65.4 Å². The number of aromatic amines is 2. The minimum absolute atomic E-state index is 0.0312. The number of carbonyl (C=O) groups is 2. The number of hydrogen-bond acceptors (Lipinski definition) is 13. The van der Waals surface area contributed by atoms with Gasteiger partial charge in [0.2, 0.25) is 11.6 Å². The van der Waals surface area contributed by atoms with Gasteiger partial charge in [-0.25, -0.2) is 0 Å². The van der Waals surface area contributed by atoms with Crippen LogP contribution < -0.4 is 14.4 Å². The standard InChI is InChI=1S/C50H41F3N8O7/c1-2-64-34-16-26(25-54)15-31(18-34)48-57-46(59-67-48)29-7-11-40-38(20-29)36-9-5-27(44(36)55-40)22-42(62)65-43(63)23-28-6-10-37-39-21-30(8-12-41(39)56-45(28)37)47-58-49(68-60-47)32-17-33(61-13-3-4-14-61)24-35(19-32)66-50(51,52)53/h7-8,11-12,15-21,24,27-28,55-56H,2-6,9-10,13-14,22-23H2,1H3. The Morgan fingerprint density at radius 3 is 1.85 bits per heavy atom. The monoisotopic (exact) mass is 922 g/mol. The Kier molecular flexibility index (Phi) is 10.7. The predicted molar refractivity (Wildman–Crippen MR) is 241 cm³/mol. The lowest BCUT2D eigenvalue weighted by molar-refractivity contribution is -0.274.